The Balaban J connectivity index is 1.41. The molecule has 176 valence electrons. The minimum Gasteiger partial charge on any atom is -0.338 e. The zero-order valence-corrected chi connectivity index (χ0v) is 19.6. The van der Waals surface area contributed by atoms with Gasteiger partial charge in [0.1, 0.15) is 11.3 Å². The van der Waals surface area contributed by atoms with E-state index in [2.05, 4.69) is 40.4 Å². The van der Waals surface area contributed by atoms with Crippen molar-refractivity contribution < 1.29 is 4.79 Å². The van der Waals surface area contributed by atoms with Crippen molar-refractivity contribution in [3.05, 3.63) is 73.4 Å². The Hall–Kier alpha value is -4.92. The van der Waals surface area contributed by atoms with E-state index in [1.54, 1.807) is 31.0 Å². The van der Waals surface area contributed by atoms with E-state index in [0.717, 1.165) is 50.2 Å². The molecular formula is C27H22N8O. The molecule has 6 aromatic heterocycles. The van der Waals surface area contributed by atoms with Crippen LogP contribution in [0.25, 0.3) is 55.8 Å². The fraction of sp³-hybridized carbons (Fsp3) is 0.111. The summed E-state index contributed by atoms with van der Waals surface area (Å²) in [5.41, 5.74) is 7.20. The van der Waals surface area contributed by atoms with Crippen LogP contribution in [0.15, 0.2) is 73.4 Å². The number of carbonyl (C=O) groups excluding carboxylic acids is 1. The number of hydrogen-bond acceptors (Lipinski definition) is 6. The highest BCUT2D eigenvalue weighted by Crippen LogP contribution is 2.33. The van der Waals surface area contributed by atoms with Gasteiger partial charge in [-0.25, -0.2) is 9.97 Å². The number of pyridine rings is 4. The van der Waals surface area contributed by atoms with E-state index in [0.29, 0.717) is 11.3 Å². The SMILES string of the molecule is CC(C)C(=O)Nc1cncc(-c2cnc3[nH]nc(-c4cc5c(-c6ccccn6)ccnc5[nH]4)c3c2)c1. The number of nitrogens with one attached hydrogen (secondary N) is 3. The number of rotatable bonds is 5. The summed E-state index contributed by atoms with van der Waals surface area (Å²) < 4.78 is 0. The van der Waals surface area contributed by atoms with Crippen LogP contribution in [-0.2, 0) is 4.79 Å². The molecule has 0 fully saturated rings. The van der Waals surface area contributed by atoms with E-state index in [4.69, 9.17) is 0 Å². The van der Waals surface area contributed by atoms with Gasteiger partial charge in [-0.15, -0.1) is 0 Å². The summed E-state index contributed by atoms with van der Waals surface area (Å²) in [7, 11) is 0. The third-order valence-corrected chi connectivity index (χ3v) is 6.01. The number of hydrogen-bond donors (Lipinski definition) is 3. The minimum atomic E-state index is -0.121. The number of nitrogens with zero attached hydrogens (tertiary/aromatic N) is 5. The molecule has 9 heteroatoms. The summed E-state index contributed by atoms with van der Waals surface area (Å²) in [6.45, 7) is 3.70. The van der Waals surface area contributed by atoms with Crippen molar-refractivity contribution in [1.82, 2.24) is 35.1 Å². The molecule has 6 aromatic rings. The second kappa shape index (κ2) is 8.70. The summed E-state index contributed by atoms with van der Waals surface area (Å²) in [5, 5.41) is 12.3. The highest BCUT2D eigenvalue weighted by atomic mass is 16.1. The molecule has 9 nitrogen and oxygen atoms in total. The second-order valence-corrected chi connectivity index (χ2v) is 8.82. The van der Waals surface area contributed by atoms with Gasteiger partial charge in [0.25, 0.3) is 0 Å². The van der Waals surface area contributed by atoms with E-state index in [9.17, 15) is 4.79 Å². The van der Waals surface area contributed by atoms with Gasteiger partial charge in [0.05, 0.1) is 23.3 Å². The molecule has 0 radical (unpaired) electrons. The first-order valence-electron chi connectivity index (χ1n) is 11.6. The standard InChI is InChI=1S/C27H22N8O/c1-15(2)27(36)32-18-9-16(12-28-14-18)17-10-21-24(34-35-26(21)31-13-17)23-11-20-19(6-8-30-25(20)33-23)22-5-3-4-7-29-22/h3-15H,1-2H3,(H,30,33)(H,32,36)(H,31,34,35). The number of H-pyrrole nitrogens is 2. The van der Waals surface area contributed by atoms with Crippen LogP contribution in [0.3, 0.4) is 0 Å². The molecular weight excluding hydrogens is 452 g/mol. The number of fused-ring (bicyclic) bond motifs is 2. The molecule has 0 aliphatic rings. The van der Waals surface area contributed by atoms with Crippen LogP contribution >= 0.6 is 0 Å². The lowest BCUT2D eigenvalue weighted by atomic mass is 10.1. The van der Waals surface area contributed by atoms with E-state index >= 15 is 0 Å². The first kappa shape index (κ1) is 21.6. The summed E-state index contributed by atoms with van der Waals surface area (Å²) >= 11 is 0. The molecule has 0 bridgehead atoms. The van der Waals surface area contributed by atoms with Crippen molar-refractivity contribution in [1.29, 1.82) is 0 Å². The Kier molecular flexibility index (Phi) is 5.22. The molecule has 0 saturated heterocycles. The predicted molar refractivity (Wildman–Crippen MR) is 139 cm³/mol. The van der Waals surface area contributed by atoms with Gasteiger partial charge in [-0.1, -0.05) is 19.9 Å². The molecule has 0 atom stereocenters. The van der Waals surface area contributed by atoms with E-state index in [1.165, 1.54) is 0 Å². The van der Waals surface area contributed by atoms with Gasteiger partial charge in [-0.05, 0) is 36.4 Å². The van der Waals surface area contributed by atoms with Crippen molar-refractivity contribution in [3.8, 4) is 33.8 Å². The topological polar surface area (TPSA) is 125 Å². The van der Waals surface area contributed by atoms with Crippen molar-refractivity contribution in [2.24, 2.45) is 5.92 Å². The fourth-order valence-electron chi connectivity index (χ4n) is 4.12. The Labute approximate surface area is 206 Å². The van der Waals surface area contributed by atoms with Crippen LogP contribution in [0.4, 0.5) is 5.69 Å². The molecule has 0 spiro atoms. The maximum atomic E-state index is 12.1. The molecule has 1 amide bonds. The van der Waals surface area contributed by atoms with E-state index < -0.39 is 0 Å². The molecule has 36 heavy (non-hydrogen) atoms. The third-order valence-electron chi connectivity index (χ3n) is 6.01. The van der Waals surface area contributed by atoms with Crippen LogP contribution in [0.2, 0.25) is 0 Å². The summed E-state index contributed by atoms with van der Waals surface area (Å²) in [4.78, 5) is 33.4. The Morgan fingerprint density at radius 3 is 2.61 bits per heavy atom. The van der Waals surface area contributed by atoms with Gasteiger partial charge in [0.2, 0.25) is 5.91 Å². The van der Waals surface area contributed by atoms with Gasteiger partial charge in [0, 0.05) is 58.2 Å². The monoisotopic (exact) mass is 474 g/mol. The van der Waals surface area contributed by atoms with Crippen molar-refractivity contribution in [2.45, 2.75) is 13.8 Å². The lowest BCUT2D eigenvalue weighted by molar-refractivity contribution is -0.118. The molecule has 0 aliphatic heterocycles. The summed E-state index contributed by atoms with van der Waals surface area (Å²) in [5.74, 6) is -0.179. The smallest absolute Gasteiger partial charge is 0.226 e. The average molecular weight is 475 g/mol. The largest absolute Gasteiger partial charge is 0.338 e. The van der Waals surface area contributed by atoms with Crippen LogP contribution in [-0.4, -0.2) is 41.0 Å². The maximum absolute atomic E-state index is 12.1. The Morgan fingerprint density at radius 2 is 1.78 bits per heavy atom. The zero-order chi connectivity index (χ0) is 24.6. The Morgan fingerprint density at radius 1 is 0.889 bits per heavy atom. The quantitative estimate of drug-likeness (QED) is 0.315. The molecule has 0 aromatic carbocycles. The highest BCUT2D eigenvalue weighted by Gasteiger charge is 2.16. The average Bonchev–Trinajstić information content (AvgIpc) is 3.53. The highest BCUT2D eigenvalue weighted by molar-refractivity contribution is 5.99. The first-order valence-corrected chi connectivity index (χ1v) is 11.6. The number of aromatic nitrogens is 7. The predicted octanol–water partition coefficient (Wildman–Crippen LogP) is 5.22. The maximum Gasteiger partial charge on any atom is 0.226 e. The van der Waals surface area contributed by atoms with Gasteiger partial charge < -0.3 is 10.3 Å². The molecule has 6 rings (SSSR count). The van der Waals surface area contributed by atoms with Gasteiger partial charge in [-0.3, -0.25) is 19.9 Å². The lowest BCUT2D eigenvalue weighted by Gasteiger charge is -2.09. The number of aromatic amines is 2. The Bertz CT molecular complexity index is 1720. The fourth-order valence-corrected chi connectivity index (χ4v) is 4.12. The number of carbonyl (C=O) groups is 1. The zero-order valence-electron chi connectivity index (χ0n) is 19.6. The number of anilines is 1. The van der Waals surface area contributed by atoms with Crippen LogP contribution in [0.1, 0.15) is 13.8 Å². The molecule has 0 aliphatic carbocycles. The van der Waals surface area contributed by atoms with Gasteiger partial charge >= 0.3 is 0 Å². The summed E-state index contributed by atoms with van der Waals surface area (Å²) in [6, 6.07) is 13.8. The molecule has 0 saturated carbocycles. The molecule has 0 unspecified atom stereocenters. The minimum absolute atomic E-state index is 0.0582. The molecule has 3 N–H and O–H groups in total. The normalized spacial score (nSPS) is 11.4. The van der Waals surface area contributed by atoms with Crippen LogP contribution in [0, 0.1) is 5.92 Å². The van der Waals surface area contributed by atoms with E-state index in [1.807, 2.05) is 56.3 Å². The molecule has 6 heterocycles. The number of amides is 1. The summed E-state index contributed by atoms with van der Waals surface area (Å²) in [6.07, 6.45) is 8.70. The van der Waals surface area contributed by atoms with Crippen molar-refractivity contribution in [3.63, 3.8) is 0 Å². The van der Waals surface area contributed by atoms with Gasteiger partial charge in [0.15, 0.2) is 5.65 Å². The van der Waals surface area contributed by atoms with Crippen LogP contribution in [0.5, 0.6) is 0 Å². The van der Waals surface area contributed by atoms with Crippen LogP contribution < -0.4 is 5.32 Å². The second-order valence-electron chi connectivity index (χ2n) is 8.82. The van der Waals surface area contributed by atoms with Crippen molar-refractivity contribution in [2.75, 3.05) is 5.32 Å². The van der Waals surface area contributed by atoms with Gasteiger partial charge in [-0.2, -0.15) is 5.10 Å². The third kappa shape index (κ3) is 3.86. The first-order chi connectivity index (χ1) is 17.6. The van der Waals surface area contributed by atoms with Crippen molar-refractivity contribution >= 4 is 33.7 Å². The van der Waals surface area contributed by atoms with E-state index in [-0.39, 0.29) is 11.8 Å². The lowest BCUT2D eigenvalue weighted by Crippen LogP contribution is -2.17.